The summed E-state index contributed by atoms with van der Waals surface area (Å²) in [4.78, 5) is 37.3. The molecular weight excluding hydrogens is 361 g/mol. The van der Waals surface area contributed by atoms with Crippen LogP contribution in [0.25, 0.3) is 11.1 Å². The van der Waals surface area contributed by atoms with Crippen LogP contribution >= 0.6 is 0 Å². The zero-order valence-corrected chi connectivity index (χ0v) is 15.4. The van der Waals surface area contributed by atoms with Crippen molar-refractivity contribution in [3.05, 3.63) is 59.9 Å². The van der Waals surface area contributed by atoms with Crippen LogP contribution in [0.3, 0.4) is 0 Å². The number of Topliss-reactive ketones (excluding diaryl/α,β-unsaturated/α-hetero) is 1. The normalized spacial score (nSPS) is 16.5. The monoisotopic (exact) mass is 383 g/mol. The number of hydrogen-bond acceptors (Lipinski definition) is 3. The Balaban J connectivity index is 1.70. The van der Waals surface area contributed by atoms with Gasteiger partial charge in [-0.2, -0.15) is 0 Å². The van der Waals surface area contributed by atoms with Gasteiger partial charge in [0.05, 0.1) is 6.54 Å². The molecule has 0 unspecified atom stereocenters. The summed E-state index contributed by atoms with van der Waals surface area (Å²) in [5.41, 5.74) is 6.46. The van der Waals surface area contributed by atoms with E-state index in [1.54, 1.807) is 12.1 Å². The zero-order chi connectivity index (χ0) is 20.1. The van der Waals surface area contributed by atoms with Gasteiger partial charge in [-0.1, -0.05) is 42.5 Å². The highest BCUT2D eigenvalue weighted by Crippen LogP contribution is 2.26. The van der Waals surface area contributed by atoms with Crippen molar-refractivity contribution in [3.8, 4) is 11.1 Å². The number of nitrogens with two attached hydrogens (primary N) is 1. The maximum absolute atomic E-state index is 14.6. The summed E-state index contributed by atoms with van der Waals surface area (Å²) >= 11 is 0. The fourth-order valence-electron chi connectivity index (χ4n) is 3.45. The SMILES string of the molecule is NC(=O)NCC(=O)N1CCC[C@H](C(=O)c2ccc(-c3ccccc3)c(F)c2)C1. The summed E-state index contributed by atoms with van der Waals surface area (Å²) in [6, 6.07) is 12.9. The summed E-state index contributed by atoms with van der Waals surface area (Å²) in [7, 11) is 0. The predicted molar refractivity (Wildman–Crippen MR) is 103 cm³/mol. The van der Waals surface area contributed by atoms with Crippen molar-refractivity contribution in [1.29, 1.82) is 0 Å². The molecule has 6 nitrogen and oxygen atoms in total. The second-order valence-corrected chi connectivity index (χ2v) is 6.82. The van der Waals surface area contributed by atoms with Crippen LogP contribution in [0.1, 0.15) is 23.2 Å². The fourth-order valence-corrected chi connectivity index (χ4v) is 3.45. The lowest BCUT2D eigenvalue weighted by Crippen LogP contribution is -2.47. The van der Waals surface area contributed by atoms with Gasteiger partial charge >= 0.3 is 6.03 Å². The smallest absolute Gasteiger partial charge is 0.312 e. The average molecular weight is 383 g/mol. The summed E-state index contributed by atoms with van der Waals surface area (Å²) in [5.74, 6) is -1.32. The molecule has 1 aliphatic rings. The van der Waals surface area contributed by atoms with Gasteiger partial charge in [-0.15, -0.1) is 0 Å². The number of ketones is 1. The van der Waals surface area contributed by atoms with E-state index in [-0.39, 0.29) is 24.8 Å². The van der Waals surface area contributed by atoms with Gasteiger partial charge in [0.15, 0.2) is 5.78 Å². The Labute approximate surface area is 162 Å². The quantitative estimate of drug-likeness (QED) is 0.778. The Bertz CT molecular complexity index is 886. The van der Waals surface area contributed by atoms with Crippen molar-refractivity contribution in [2.45, 2.75) is 12.8 Å². The van der Waals surface area contributed by atoms with Crippen molar-refractivity contribution in [1.82, 2.24) is 10.2 Å². The molecule has 1 heterocycles. The van der Waals surface area contributed by atoms with Gasteiger partial charge in [0, 0.05) is 30.1 Å². The molecule has 0 aromatic heterocycles. The molecule has 1 fully saturated rings. The molecule has 7 heteroatoms. The first-order chi connectivity index (χ1) is 13.5. The third-order valence-electron chi connectivity index (χ3n) is 4.90. The Morgan fingerprint density at radius 2 is 1.89 bits per heavy atom. The number of piperidine rings is 1. The molecule has 0 spiro atoms. The molecule has 1 aliphatic heterocycles. The maximum Gasteiger partial charge on any atom is 0.312 e. The van der Waals surface area contributed by atoms with Gasteiger partial charge in [0.25, 0.3) is 0 Å². The van der Waals surface area contributed by atoms with Crippen LogP contribution in [0.2, 0.25) is 0 Å². The van der Waals surface area contributed by atoms with E-state index in [0.29, 0.717) is 30.5 Å². The lowest BCUT2D eigenvalue weighted by atomic mass is 9.89. The topological polar surface area (TPSA) is 92.5 Å². The molecule has 3 N–H and O–H groups in total. The number of carbonyl (C=O) groups is 3. The van der Waals surface area contributed by atoms with Gasteiger partial charge in [0.2, 0.25) is 5.91 Å². The van der Waals surface area contributed by atoms with E-state index in [1.807, 2.05) is 30.3 Å². The van der Waals surface area contributed by atoms with E-state index < -0.39 is 17.8 Å². The van der Waals surface area contributed by atoms with Crippen molar-refractivity contribution in [2.24, 2.45) is 11.7 Å². The third-order valence-corrected chi connectivity index (χ3v) is 4.90. The second-order valence-electron chi connectivity index (χ2n) is 6.82. The second kappa shape index (κ2) is 8.65. The largest absolute Gasteiger partial charge is 0.352 e. The average Bonchev–Trinajstić information content (AvgIpc) is 2.72. The molecule has 28 heavy (non-hydrogen) atoms. The van der Waals surface area contributed by atoms with E-state index >= 15 is 0 Å². The first-order valence-corrected chi connectivity index (χ1v) is 9.16. The minimum atomic E-state index is -0.771. The van der Waals surface area contributed by atoms with E-state index in [4.69, 9.17) is 5.73 Å². The third kappa shape index (κ3) is 4.54. The molecule has 0 bridgehead atoms. The van der Waals surface area contributed by atoms with Crippen molar-refractivity contribution in [3.63, 3.8) is 0 Å². The lowest BCUT2D eigenvalue weighted by molar-refractivity contribution is -0.131. The number of hydrogen-bond donors (Lipinski definition) is 2. The van der Waals surface area contributed by atoms with Crippen LogP contribution in [0, 0.1) is 11.7 Å². The number of nitrogens with one attached hydrogen (secondary N) is 1. The number of benzene rings is 2. The lowest BCUT2D eigenvalue weighted by Gasteiger charge is -2.32. The fraction of sp³-hybridized carbons (Fsp3) is 0.286. The van der Waals surface area contributed by atoms with Gasteiger partial charge in [-0.3, -0.25) is 9.59 Å². The molecule has 0 saturated carbocycles. The minimum Gasteiger partial charge on any atom is -0.352 e. The number of nitrogens with zero attached hydrogens (tertiary/aromatic N) is 1. The first-order valence-electron chi connectivity index (χ1n) is 9.16. The highest BCUT2D eigenvalue weighted by molar-refractivity contribution is 5.99. The maximum atomic E-state index is 14.6. The number of rotatable bonds is 5. The Hall–Kier alpha value is -3.22. The molecule has 0 radical (unpaired) electrons. The Morgan fingerprint density at radius 3 is 2.57 bits per heavy atom. The van der Waals surface area contributed by atoms with E-state index in [2.05, 4.69) is 5.32 Å². The highest BCUT2D eigenvalue weighted by atomic mass is 19.1. The molecule has 1 saturated heterocycles. The van der Waals surface area contributed by atoms with Crippen molar-refractivity contribution in [2.75, 3.05) is 19.6 Å². The molecule has 0 aliphatic carbocycles. The van der Waals surface area contributed by atoms with Crippen LogP contribution in [-0.2, 0) is 4.79 Å². The first kappa shape index (κ1) is 19.5. The Kier molecular flexibility index (Phi) is 6.03. The standard InChI is InChI=1S/C21H22FN3O3/c22-18-11-15(8-9-17(18)14-5-2-1-3-6-14)20(27)16-7-4-10-25(13-16)19(26)12-24-21(23)28/h1-3,5-6,8-9,11,16H,4,7,10,12-13H2,(H3,23,24,28)/t16-/m0/s1. The number of urea groups is 1. The summed E-state index contributed by atoms with van der Waals surface area (Å²) in [6.07, 6.45) is 1.30. The number of carbonyl (C=O) groups excluding carboxylic acids is 3. The van der Waals surface area contributed by atoms with E-state index in [0.717, 1.165) is 5.56 Å². The number of halogens is 1. The van der Waals surface area contributed by atoms with Gasteiger partial charge in [-0.25, -0.2) is 9.18 Å². The molecule has 146 valence electrons. The Morgan fingerprint density at radius 1 is 1.14 bits per heavy atom. The molecule has 3 rings (SSSR count). The van der Waals surface area contributed by atoms with Crippen LogP contribution < -0.4 is 11.1 Å². The van der Waals surface area contributed by atoms with Crippen LogP contribution in [-0.4, -0.2) is 42.3 Å². The minimum absolute atomic E-state index is 0.182. The number of amides is 3. The van der Waals surface area contributed by atoms with Crippen molar-refractivity contribution >= 4 is 17.7 Å². The van der Waals surface area contributed by atoms with E-state index in [1.165, 1.54) is 11.0 Å². The van der Waals surface area contributed by atoms with E-state index in [9.17, 15) is 18.8 Å². The highest BCUT2D eigenvalue weighted by Gasteiger charge is 2.29. The summed E-state index contributed by atoms with van der Waals surface area (Å²) < 4.78 is 14.6. The molecule has 2 aromatic rings. The van der Waals surface area contributed by atoms with Gasteiger partial charge in [-0.05, 0) is 24.5 Å². The zero-order valence-electron chi connectivity index (χ0n) is 15.4. The van der Waals surface area contributed by atoms with Crippen molar-refractivity contribution < 1.29 is 18.8 Å². The summed E-state index contributed by atoms with van der Waals surface area (Å²) in [6.45, 7) is 0.571. The van der Waals surface area contributed by atoms with Crippen LogP contribution in [0.15, 0.2) is 48.5 Å². The van der Waals surface area contributed by atoms with Crippen LogP contribution in [0.4, 0.5) is 9.18 Å². The van der Waals surface area contributed by atoms with Crippen LogP contribution in [0.5, 0.6) is 0 Å². The number of likely N-dealkylation sites (tertiary alicyclic amines) is 1. The molecule has 1 atom stereocenters. The van der Waals surface area contributed by atoms with Gasteiger partial charge < -0.3 is 16.0 Å². The molecule has 3 amide bonds. The predicted octanol–water partition coefficient (Wildman–Crippen LogP) is 2.58. The summed E-state index contributed by atoms with van der Waals surface area (Å²) in [5, 5.41) is 2.26. The molecular formula is C21H22FN3O3. The number of primary amides is 1. The van der Waals surface area contributed by atoms with Gasteiger partial charge in [0.1, 0.15) is 5.82 Å². The molecule has 2 aromatic carbocycles.